The number of hydrogen-bond donors (Lipinski definition) is 2. The lowest BCUT2D eigenvalue weighted by Gasteiger charge is -2.20. The molecule has 6 nitrogen and oxygen atoms in total. The highest BCUT2D eigenvalue weighted by Gasteiger charge is 2.23. The van der Waals surface area contributed by atoms with Gasteiger partial charge >= 0.3 is 0 Å². The summed E-state index contributed by atoms with van der Waals surface area (Å²) in [6.45, 7) is 1.20. The molecule has 0 saturated heterocycles. The van der Waals surface area contributed by atoms with E-state index in [1.807, 2.05) is 30.3 Å². The smallest absolute Gasteiger partial charge is 0.270 e. The summed E-state index contributed by atoms with van der Waals surface area (Å²) in [4.78, 5) is 28.5. The van der Waals surface area contributed by atoms with Gasteiger partial charge in [-0.25, -0.2) is 0 Å². The number of benzene rings is 1. The van der Waals surface area contributed by atoms with Crippen molar-refractivity contribution in [3.05, 3.63) is 75.8 Å². The van der Waals surface area contributed by atoms with E-state index in [4.69, 9.17) is 0 Å². The number of nitrogens with zero attached hydrogens (tertiary/aromatic N) is 2. The Hall–Kier alpha value is -3.15. The second-order valence-corrected chi connectivity index (χ2v) is 6.12. The third-order valence-corrected chi connectivity index (χ3v) is 4.55. The Bertz CT molecular complexity index is 959. The molecule has 0 fully saturated rings. The lowest BCUT2D eigenvalue weighted by atomic mass is 10.0. The van der Waals surface area contributed by atoms with Gasteiger partial charge in [-0.3, -0.25) is 14.7 Å². The van der Waals surface area contributed by atoms with Crippen molar-refractivity contribution in [2.45, 2.75) is 12.8 Å². The van der Waals surface area contributed by atoms with Gasteiger partial charge in [0.2, 0.25) is 5.56 Å². The second kappa shape index (κ2) is 6.39. The van der Waals surface area contributed by atoms with Gasteiger partial charge in [0.1, 0.15) is 5.69 Å². The van der Waals surface area contributed by atoms with E-state index in [1.165, 1.54) is 11.6 Å². The summed E-state index contributed by atoms with van der Waals surface area (Å²) < 4.78 is 0. The number of carbonyl (C=O) groups excluding carboxylic acids is 1. The second-order valence-electron chi connectivity index (χ2n) is 6.12. The van der Waals surface area contributed by atoms with Crippen molar-refractivity contribution in [2.75, 3.05) is 13.1 Å². The van der Waals surface area contributed by atoms with E-state index in [9.17, 15) is 9.59 Å². The van der Waals surface area contributed by atoms with Crippen LogP contribution in [0.4, 0.5) is 0 Å². The zero-order valence-corrected chi connectivity index (χ0v) is 13.7. The summed E-state index contributed by atoms with van der Waals surface area (Å²) in [6.07, 6.45) is 1.46. The summed E-state index contributed by atoms with van der Waals surface area (Å²) in [5, 5.41) is 7.60. The molecule has 0 saturated carbocycles. The van der Waals surface area contributed by atoms with E-state index in [-0.39, 0.29) is 11.5 Å². The molecule has 6 heteroatoms. The normalized spacial score (nSPS) is 14.0. The molecule has 126 valence electrons. The van der Waals surface area contributed by atoms with Crippen LogP contribution in [0.5, 0.6) is 0 Å². The molecule has 1 aliphatic rings. The van der Waals surface area contributed by atoms with E-state index in [0.717, 1.165) is 29.8 Å². The zero-order chi connectivity index (χ0) is 17.2. The van der Waals surface area contributed by atoms with Gasteiger partial charge in [-0.2, -0.15) is 5.10 Å². The van der Waals surface area contributed by atoms with Gasteiger partial charge in [0.25, 0.3) is 5.91 Å². The van der Waals surface area contributed by atoms with Crippen molar-refractivity contribution in [1.29, 1.82) is 0 Å². The number of amides is 1. The number of carbonyl (C=O) groups is 1. The largest absolute Gasteiger partial charge is 0.337 e. The van der Waals surface area contributed by atoms with E-state index in [1.54, 1.807) is 17.0 Å². The molecule has 2 N–H and O–H groups in total. The minimum absolute atomic E-state index is 0.142. The summed E-state index contributed by atoms with van der Waals surface area (Å²) >= 11 is 0. The van der Waals surface area contributed by atoms with Crippen LogP contribution in [0.2, 0.25) is 0 Å². The van der Waals surface area contributed by atoms with E-state index in [0.29, 0.717) is 18.8 Å². The van der Waals surface area contributed by atoms with Gasteiger partial charge < -0.3 is 9.88 Å². The van der Waals surface area contributed by atoms with Gasteiger partial charge in [0.15, 0.2) is 0 Å². The number of fused-ring (bicyclic) bond motifs is 1. The first-order valence-electron chi connectivity index (χ1n) is 8.32. The van der Waals surface area contributed by atoms with Crippen molar-refractivity contribution in [3.63, 3.8) is 0 Å². The van der Waals surface area contributed by atoms with E-state index < -0.39 is 0 Å². The molecule has 0 spiro atoms. The highest BCUT2D eigenvalue weighted by molar-refractivity contribution is 5.92. The fourth-order valence-corrected chi connectivity index (χ4v) is 3.26. The molecule has 0 atom stereocenters. The number of hydrogen-bond acceptors (Lipinski definition) is 3. The maximum atomic E-state index is 12.7. The molecule has 4 rings (SSSR count). The monoisotopic (exact) mass is 334 g/mol. The SMILES string of the molecule is O=C(c1cccc(=O)[nH]1)N1CCc2[nH]nc(-c3ccccc3)c2CC1. The molecular formula is C19H18N4O2. The topological polar surface area (TPSA) is 81.9 Å². The Morgan fingerprint density at radius 2 is 1.80 bits per heavy atom. The number of aromatic nitrogens is 3. The average molecular weight is 334 g/mol. The van der Waals surface area contributed by atoms with Gasteiger partial charge in [-0.05, 0) is 12.5 Å². The van der Waals surface area contributed by atoms with E-state index in [2.05, 4.69) is 15.2 Å². The molecule has 0 unspecified atom stereocenters. The van der Waals surface area contributed by atoms with Crippen LogP contribution >= 0.6 is 0 Å². The molecule has 0 bridgehead atoms. The Kier molecular flexibility index (Phi) is 3.93. The summed E-state index contributed by atoms with van der Waals surface area (Å²) in [6, 6.07) is 14.7. The average Bonchev–Trinajstić information content (AvgIpc) is 2.93. The number of aromatic amines is 2. The third kappa shape index (κ3) is 2.98. The first-order valence-corrected chi connectivity index (χ1v) is 8.32. The minimum atomic E-state index is -0.263. The van der Waals surface area contributed by atoms with Gasteiger partial charge in [-0.1, -0.05) is 36.4 Å². The van der Waals surface area contributed by atoms with Crippen molar-refractivity contribution < 1.29 is 4.79 Å². The molecule has 3 heterocycles. The zero-order valence-electron chi connectivity index (χ0n) is 13.7. The predicted molar refractivity (Wildman–Crippen MR) is 94.4 cm³/mol. The Morgan fingerprint density at radius 1 is 1.00 bits per heavy atom. The highest BCUT2D eigenvalue weighted by atomic mass is 16.2. The fourth-order valence-electron chi connectivity index (χ4n) is 3.26. The van der Waals surface area contributed by atoms with Crippen LogP contribution in [0.25, 0.3) is 11.3 Å². The number of nitrogens with one attached hydrogen (secondary N) is 2. The van der Waals surface area contributed by atoms with Crippen molar-refractivity contribution in [2.24, 2.45) is 0 Å². The minimum Gasteiger partial charge on any atom is -0.337 e. The van der Waals surface area contributed by atoms with E-state index >= 15 is 0 Å². The molecule has 1 aromatic carbocycles. The van der Waals surface area contributed by atoms with Crippen LogP contribution in [-0.2, 0) is 12.8 Å². The third-order valence-electron chi connectivity index (χ3n) is 4.55. The van der Waals surface area contributed by atoms with Crippen LogP contribution in [0.15, 0.2) is 53.3 Å². The molecule has 25 heavy (non-hydrogen) atoms. The Labute approximate surface area is 144 Å². The lowest BCUT2D eigenvalue weighted by molar-refractivity contribution is 0.0756. The first-order chi connectivity index (χ1) is 12.2. The van der Waals surface area contributed by atoms with Crippen molar-refractivity contribution in [1.82, 2.24) is 20.1 Å². The maximum absolute atomic E-state index is 12.7. The van der Waals surface area contributed by atoms with Crippen molar-refractivity contribution >= 4 is 5.91 Å². The van der Waals surface area contributed by atoms with Gasteiger partial charge in [0.05, 0.1) is 5.69 Å². The summed E-state index contributed by atoms with van der Waals surface area (Å²) in [5.41, 5.74) is 4.35. The summed E-state index contributed by atoms with van der Waals surface area (Å²) in [5.74, 6) is -0.142. The quantitative estimate of drug-likeness (QED) is 0.752. The molecular weight excluding hydrogens is 316 g/mol. The molecule has 0 radical (unpaired) electrons. The summed E-state index contributed by atoms with van der Waals surface area (Å²) in [7, 11) is 0. The van der Waals surface area contributed by atoms with Crippen LogP contribution in [-0.4, -0.2) is 39.1 Å². The predicted octanol–water partition coefficient (Wildman–Crippen LogP) is 2.01. The molecule has 1 amide bonds. The van der Waals surface area contributed by atoms with Crippen LogP contribution in [0.1, 0.15) is 21.7 Å². The number of pyridine rings is 1. The Morgan fingerprint density at radius 3 is 2.60 bits per heavy atom. The number of rotatable bonds is 2. The molecule has 2 aromatic heterocycles. The highest BCUT2D eigenvalue weighted by Crippen LogP contribution is 2.26. The standard InChI is InChI=1S/C19H18N4O2/c24-17-8-4-7-16(20-17)19(25)23-11-9-14-15(10-12-23)21-22-18(14)13-5-2-1-3-6-13/h1-8H,9-12H2,(H,20,24)(H,21,22). The van der Waals surface area contributed by atoms with Crippen LogP contribution in [0, 0.1) is 0 Å². The van der Waals surface area contributed by atoms with Crippen LogP contribution < -0.4 is 5.56 Å². The lowest BCUT2D eigenvalue weighted by Crippen LogP contribution is -2.34. The Balaban J connectivity index is 1.58. The van der Waals surface area contributed by atoms with Crippen LogP contribution in [0.3, 0.4) is 0 Å². The molecule has 3 aromatic rings. The maximum Gasteiger partial charge on any atom is 0.270 e. The van der Waals surface area contributed by atoms with Gasteiger partial charge in [-0.15, -0.1) is 0 Å². The molecule has 1 aliphatic heterocycles. The van der Waals surface area contributed by atoms with Gasteiger partial charge in [0, 0.05) is 42.4 Å². The fraction of sp³-hybridized carbons (Fsp3) is 0.211. The number of H-pyrrole nitrogens is 2. The van der Waals surface area contributed by atoms with Crippen molar-refractivity contribution in [3.8, 4) is 11.3 Å². The first kappa shape index (κ1) is 15.4. The molecule has 0 aliphatic carbocycles.